The molecule has 3 rings (SSSR count). The molecule has 0 saturated carbocycles. The van der Waals surface area contributed by atoms with Crippen LogP contribution in [0.1, 0.15) is 32.4 Å². The molecule has 0 aliphatic carbocycles. The van der Waals surface area contributed by atoms with E-state index in [1.807, 2.05) is 48.7 Å². The smallest absolute Gasteiger partial charge is 0.262 e. The van der Waals surface area contributed by atoms with Crippen LogP contribution in [-0.4, -0.2) is 5.91 Å². The maximum atomic E-state index is 13.2. The summed E-state index contributed by atoms with van der Waals surface area (Å²) in [4.78, 5) is 13.3. The van der Waals surface area contributed by atoms with E-state index in [0.29, 0.717) is 4.88 Å². The summed E-state index contributed by atoms with van der Waals surface area (Å²) in [5.74, 6) is -0.406. The van der Waals surface area contributed by atoms with Gasteiger partial charge in [0.15, 0.2) is 0 Å². The highest BCUT2D eigenvalue weighted by molar-refractivity contribution is 7.12. The van der Waals surface area contributed by atoms with Crippen molar-refractivity contribution >= 4 is 17.2 Å². The van der Waals surface area contributed by atoms with E-state index in [-0.39, 0.29) is 17.8 Å². The molecule has 2 aromatic carbocycles. The average molecular weight is 325 g/mol. The molecule has 3 aromatic rings. The number of hydrogen-bond donors (Lipinski definition) is 1. The molecule has 2 nitrogen and oxygen atoms in total. The summed E-state index contributed by atoms with van der Waals surface area (Å²) >= 11 is 1.42. The van der Waals surface area contributed by atoms with Crippen molar-refractivity contribution in [3.8, 4) is 0 Å². The first-order chi connectivity index (χ1) is 11.1. The van der Waals surface area contributed by atoms with Gasteiger partial charge in [0.05, 0.1) is 10.9 Å². The molecule has 1 unspecified atom stereocenters. The third kappa shape index (κ3) is 3.48. The molecule has 0 bridgehead atoms. The van der Waals surface area contributed by atoms with Crippen molar-refractivity contribution in [2.75, 3.05) is 0 Å². The number of rotatable bonds is 4. The van der Waals surface area contributed by atoms with Gasteiger partial charge in [-0.3, -0.25) is 4.79 Å². The Hall–Kier alpha value is -2.46. The van der Waals surface area contributed by atoms with E-state index in [1.165, 1.54) is 23.5 Å². The second kappa shape index (κ2) is 6.75. The fourth-order valence-corrected chi connectivity index (χ4v) is 3.29. The third-order valence-corrected chi connectivity index (χ3v) is 4.70. The fraction of sp³-hybridized carbons (Fsp3) is 0.105. The molecule has 1 amide bonds. The number of carbonyl (C=O) groups excluding carboxylic acids is 1. The van der Waals surface area contributed by atoms with Gasteiger partial charge in [-0.05, 0) is 47.2 Å². The first kappa shape index (κ1) is 15.4. The second-order valence-electron chi connectivity index (χ2n) is 5.30. The summed E-state index contributed by atoms with van der Waals surface area (Å²) in [5.41, 5.74) is 2.76. The SMILES string of the molecule is Cc1ccsc1C(=O)NC(c1ccccc1)c1ccc(F)cc1. The molecule has 0 aliphatic heterocycles. The molecule has 0 spiro atoms. The lowest BCUT2D eigenvalue weighted by Gasteiger charge is -2.20. The number of benzene rings is 2. The predicted octanol–water partition coefficient (Wildman–Crippen LogP) is 4.72. The monoisotopic (exact) mass is 325 g/mol. The first-order valence-corrected chi connectivity index (χ1v) is 8.18. The summed E-state index contributed by atoms with van der Waals surface area (Å²) in [6.45, 7) is 1.92. The standard InChI is InChI=1S/C19H16FNOS/c1-13-11-12-23-18(13)19(22)21-17(14-5-3-2-4-6-14)15-7-9-16(20)10-8-15/h2-12,17H,1H3,(H,21,22). The second-order valence-corrected chi connectivity index (χ2v) is 6.22. The molecule has 1 N–H and O–H groups in total. The third-order valence-electron chi connectivity index (χ3n) is 3.68. The number of halogens is 1. The summed E-state index contributed by atoms with van der Waals surface area (Å²) in [6, 6.07) is 17.5. The average Bonchev–Trinajstić information content (AvgIpc) is 3.00. The van der Waals surface area contributed by atoms with Crippen LogP contribution in [0, 0.1) is 12.7 Å². The molecule has 1 heterocycles. The number of thiophene rings is 1. The number of nitrogens with one attached hydrogen (secondary N) is 1. The Labute approximate surface area is 138 Å². The molecular formula is C19H16FNOS. The molecule has 0 radical (unpaired) electrons. The van der Waals surface area contributed by atoms with Gasteiger partial charge in [-0.1, -0.05) is 42.5 Å². The zero-order valence-corrected chi connectivity index (χ0v) is 13.4. The Balaban J connectivity index is 1.94. The van der Waals surface area contributed by atoms with E-state index < -0.39 is 0 Å². The number of hydrogen-bond acceptors (Lipinski definition) is 2. The van der Waals surface area contributed by atoms with Crippen molar-refractivity contribution in [2.24, 2.45) is 0 Å². The maximum Gasteiger partial charge on any atom is 0.262 e. The summed E-state index contributed by atoms with van der Waals surface area (Å²) < 4.78 is 13.2. The topological polar surface area (TPSA) is 29.1 Å². The van der Waals surface area contributed by atoms with Gasteiger partial charge in [0, 0.05) is 0 Å². The molecule has 0 saturated heterocycles. The minimum absolute atomic E-state index is 0.115. The van der Waals surface area contributed by atoms with Crippen LogP contribution in [0.2, 0.25) is 0 Å². The molecule has 116 valence electrons. The number of carbonyl (C=O) groups is 1. The van der Waals surface area contributed by atoms with Gasteiger partial charge in [-0.2, -0.15) is 0 Å². The highest BCUT2D eigenvalue weighted by Crippen LogP contribution is 2.24. The van der Waals surface area contributed by atoms with Crippen molar-refractivity contribution < 1.29 is 9.18 Å². The zero-order chi connectivity index (χ0) is 16.2. The lowest BCUT2D eigenvalue weighted by Crippen LogP contribution is -2.29. The van der Waals surface area contributed by atoms with Gasteiger partial charge in [-0.15, -0.1) is 11.3 Å². The molecule has 4 heteroatoms. The highest BCUT2D eigenvalue weighted by Gasteiger charge is 2.19. The number of amides is 1. The van der Waals surface area contributed by atoms with Crippen molar-refractivity contribution in [3.05, 3.63) is 93.4 Å². The Kier molecular flexibility index (Phi) is 4.53. The molecule has 0 fully saturated rings. The zero-order valence-electron chi connectivity index (χ0n) is 12.6. The van der Waals surface area contributed by atoms with Crippen LogP contribution in [0.3, 0.4) is 0 Å². The lowest BCUT2D eigenvalue weighted by molar-refractivity contribution is 0.0946. The van der Waals surface area contributed by atoms with Gasteiger partial charge in [0.2, 0.25) is 0 Å². The molecule has 0 aliphatic rings. The Morgan fingerprint density at radius 3 is 2.26 bits per heavy atom. The van der Waals surface area contributed by atoms with Gasteiger partial charge in [0.25, 0.3) is 5.91 Å². The first-order valence-electron chi connectivity index (χ1n) is 7.30. The Morgan fingerprint density at radius 1 is 1.00 bits per heavy atom. The predicted molar refractivity (Wildman–Crippen MR) is 91.2 cm³/mol. The molecule has 1 atom stereocenters. The molecule has 23 heavy (non-hydrogen) atoms. The largest absolute Gasteiger partial charge is 0.340 e. The van der Waals surface area contributed by atoms with E-state index in [1.54, 1.807) is 12.1 Å². The maximum absolute atomic E-state index is 13.2. The quantitative estimate of drug-likeness (QED) is 0.739. The van der Waals surface area contributed by atoms with Crippen LogP contribution in [0.4, 0.5) is 4.39 Å². The fourth-order valence-electron chi connectivity index (χ4n) is 2.46. The summed E-state index contributed by atoms with van der Waals surface area (Å²) in [7, 11) is 0. The van der Waals surface area contributed by atoms with Gasteiger partial charge < -0.3 is 5.32 Å². The molecular weight excluding hydrogens is 309 g/mol. The van der Waals surface area contributed by atoms with Gasteiger partial charge >= 0.3 is 0 Å². The van der Waals surface area contributed by atoms with E-state index >= 15 is 0 Å². The molecule has 1 aromatic heterocycles. The summed E-state index contributed by atoms with van der Waals surface area (Å²) in [6.07, 6.45) is 0. The highest BCUT2D eigenvalue weighted by atomic mass is 32.1. The van der Waals surface area contributed by atoms with Gasteiger partial charge in [-0.25, -0.2) is 4.39 Å². The Bertz CT molecular complexity index is 796. The van der Waals surface area contributed by atoms with Crippen LogP contribution in [-0.2, 0) is 0 Å². The van der Waals surface area contributed by atoms with Gasteiger partial charge in [0.1, 0.15) is 5.82 Å². The van der Waals surface area contributed by atoms with Crippen LogP contribution in [0.25, 0.3) is 0 Å². The van der Waals surface area contributed by atoms with Crippen molar-refractivity contribution in [2.45, 2.75) is 13.0 Å². The number of aryl methyl sites for hydroxylation is 1. The van der Waals surface area contributed by atoms with E-state index in [4.69, 9.17) is 0 Å². The van der Waals surface area contributed by atoms with Crippen molar-refractivity contribution in [1.82, 2.24) is 5.32 Å². The van der Waals surface area contributed by atoms with E-state index in [9.17, 15) is 9.18 Å². The van der Waals surface area contributed by atoms with E-state index in [0.717, 1.165) is 16.7 Å². The van der Waals surface area contributed by atoms with Crippen LogP contribution < -0.4 is 5.32 Å². The minimum atomic E-state index is -0.314. The van der Waals surface area contributed by atoms with E-state index in [2.05, 4.69) is 5.32 Å². The lowest BCUT2D eigenvalue weighted by atomic mass is 9.98. The van der Waals surface area contributed by atoms with Crippen LogP contribution >= 0.6 is 11.3 Å². The van der Waals surface area contributed by atoms with Crippen LogP contribution in [0.5, 0.6) is 0 Å². The van der Waals surface area contributed by atoms with Crippen LogP contribution in [0.15, 0.2) is 66.0 Å². The van der Waals surface area contributed by atoms with Crippen molar-refractivity contribution in [1.29, 1.82) is 0 Å². The van der Waals surface area contributed by atoms with Crippen molar-refractivity contribution in [3.63, 3.8) is 0 Å². The minimum Gasteiger partial charge on any atom is -0.340 e. The normalized spacial score (nSPS) is 11.9. The Morgan fingerprint density at radius 2 is 1.65 bits per heavy atom. The summed E-state index contributed by atoms with van der Waals surface area (Å²) in [5, 5.41) is 4.96.